The van der Waals surface area contributed by atoms with Gasteiger partial charge in [-0.1, -0.05) is 12.1 Å². The second kappa shape index (κ2) is 6.22. The molecule has 0 unspecified atom stereocenters. The molecule has 0 bridgehead atoms. The fraction of sp³-hybridized carbons (Fsp3) is 0. The van der Waals surface area contributed by atoms with E-state index >= 15 is 0 Å². The number of hydrogen-bond acceptors (Lipinski definition) is 4. The molecule has 0 saturated heterocycles. The third-order valence-corrected chi connectivity index (χ3v) is 4.54. The Morgan fingerprint density at radius 3 is 2.71 bits per heavy atom. The highest BCUT2D eigenvalue weighted by molar-refractivity contribution is 7.16. The quantitative estimate of drug-likeness (QED) is 0.596. The lowest BCUT2D eigenvalue weighted by Gasteiger charge is -2.07. The lowest BCUT2D eigenvalue weighted by Crippen LogP contribution is -2.11. The van der Waals surface area contributed by atoms with Crippen molar-refractivity contribution in [3.05, 3.63) is 78.1 Å². The van der Waals surface area contributed by atoms with Crippen molar-refractivity contribution in [3.63, 3.8) is 0 Å². The molecule has 1 N–H and O–H groups in total. The molecule has 5 heteroatoms. The number of thiazole rings is 1. The van der Waals surface area contributed by atoms with E-state index in [-0.39, 0.29) is 5.91 Å². The third kappa shape index (κ3) is 2.89. The molecule has 2 aromatic carbocycles. The highest BCUT2D eigenvalue weighted by Crippen LogP contribution is 2.23. The number of carbonyl (C=O) groups excluding carboxylic acids is 1. The lowest BCUT2D eigenvalue weighted by atomic mass is 10.0. The van der Waals surface area contributed by atoms with Gasteiger partial charge in [0.15, 0.2) is 0 Å². The number of nitrogens with zero attached hydrogens (tertiary/aromatic N) is 2. The van der Waals surface area contributed by atoms with Crippen LogP contribution in [0.2, 0.25) is 0 Å². The molecule has 4 nitrogen and oxygen atoms in total. The number of fused-ring (bicyclic) bond motifs is 1. The Morgan fingerprint density at radius 1 is 0.958 bits per heavy atom. The van der Waals surface area contributed by atoms with E-state index in [4.69, 9.17) is 0 Å². The summed E-state index contributed by atoms with van der Waals surface area (Å²) in [5.74, 6) is -0.138. The van der Waals surface area contributed by atoms with Crippen LogP contribution in [0.15, 0.2) is 72.5 Å². The molecule has 116 valence electrons. The second-order valence-electron chi connectivity index (χ2n) is 5.31. The van der Waals surface area contributed by atoms with Crippen molar-refractivity contribution in [3.8, 4) is 11.1 Å². The summed E-state index contributed by atoms with van der Waals surface area (Å²) in [6, 6.07) is 17.1. The van der Waals surface area contributed by atoms with E-state index in [1.807, 2.05) is 48.5 Å². The van der Waals surface area contributed by atoms with E-state index in [2.05, 4.69) is 15.3 Å². The molecule has 4 aromatic rings. The second-order valence-corrected chi connectivity index (χ2v) is 6.19. The molecule has 0 spiro atoms. The maximum absolute atomic E-state index is 12.5. The maximum atomic E-state index is 12.5. The normalized spacial score (nSPS) is 10.7. The summed E-state index contributed by atoms with van der Waals surface area (Å²) in [6.07, 6.45) is 3.48. The maximum Gasteiger partial charge on any atom is 0.255 e. The van der Waals surface area contributed by atoms with E-state index in [0.717, 1.165) is 27.0 Å². The van der Waals surface area contributed by atoms with Crippen LogP contribution in [-0.2, 0) is 0 Å². The number of hydrogen-bond donors (Lipinski definition) is 1. The highest BCUT2D eigenvalue weighted by atomic mass is 32.1. The van der Waals surface area contributed by atoms with Crippen molar-refractivity contribution in [2.75, 3.05) is 5.32 Å². The van der Waals surface area contributed by atoms with E-state index < -0.39 is 0 Å². The minimum absolute atomic E-state index is 0.138. The van der Waals surface area contributed by atoms with Gasteiger partial charge in [-0.2, -0.15) is 0 Å². The molecule has 0 aliphatic rings. The summed E-state index contributed by atoms with van der Waals surface area (Å²) in [4.78, 5) is 20.8. The van der Waals surface area contributed by atoms with Crippen LogP contribution in [0.25, 0.3) is 21.3 Å². The van der Waals surface area contributed by atoms with Crippen LogP contribution < -0.4 is 5.32 Å². The number of nitrogens with one attached hydrogen (secondary N) is 1. The van der Waals surface area contributed by atoms with Gasteiger partial charge in [0.25, 0.3) is 5.91 Å². The first kappa shape index (κ1) is 14.5. The Morgan fingerprint density at radius 2 is 1.83 bits per heavy atom. The van der Waals surface area contributed by atoms with Gasteiger partial charge in [-0.3, -0.25) is 9.78 Å². The first-order valence-corrected chi connectivity index (χ1v) is 8.33. The van der Waals surface area contributed by atoms with Crippen molar-refractivity contribution in [1.82, 2.24) is 9.97 Å². The Bertz CT molecular complexity index is 1010. The SMILES string of the molecule is O=C(Nc1ccc2scnc2c1)c1cccc(-c2ccncc2)c1. The first-order chi connectivity index (χ1) is 11.8. The smallest absolute Gasteiger partial charge is 0.255 e. The van der Waals surface area contributed by atoms with Crippen LogP contribution in [0.4, 0.5) is 5.69 Å². The number of aromatic nitrogens is 2. The van der Waals surface area contributed by atoms with Gasteiger partial charge in [-0.25, -0.2) is 4.98 Å². The van der Waals surface area contributed by atoms with Crippen LogP contribution in [0.1, 0.15) is 10.4 Å². The van der Waals surface area contributed by atoms with E-state index in [1.165, 1.54) is 0 Å². The van der Waals surface area contributed by atoms with Crippen molar-refractivity contribution < 1.29 is 4.79 Å². The molecule has 0 radical (unpaired) electrons. The number of benzene rings is 2. The largest absolute Gasteiger partial charge is 0.322 e. The van der Waals surface area contributed by atoms with E-state index in [1.54, 1.807) is 35.3 Å². The minimum Gasteiger partial charge on any atom is -0.322 e. The summed E-state index contributed by atoms with van der Waals surface area (Å²) in [6.45, 7) is 0. The fourth-order valence-corrected chi connectivity index (χ4v) is 3.18. The summed E-state index contributed by atoms with van der Waals surface area (Å²) >= 11 is 1.58. The molecular weight excluding hydrogens is 318 g/mol. The van der Waals surface area contributed by atoms with Gasteiger partial charge >= 0.3 is 0 Å². The predicted octanol–water partition coefficient (Wildman–Crippen LogP) is 4.61. The summed E-state index contributed by atoms with van der Waals surface area (Å²) in [5.41, 5.74) is 6.07. The van der Waals surface area contributed by atoms with Crippen molar-refractivity contribution >= 4 is 33.1 Å². The Balaban J connectivity index is 1.60. The number of carbonyl (C=O) groups is 1. The van der Waals surface area contributed by atoms with Crippen LogP contribution in [-0.4, -0.2) is 15.9 Å². The van der Waals surface area contributed by atoms with Gasteiger partial charge in [0.2, 0.25) is 0 Å². The standard InChI is InChI=1S/C19H13N3OS/c23-19(22-16-4-5-18-17(11-16)21-12-24-18)15-3-1-2-14(10-15)13-6-8-20-9-7-13/h1-12H,(H,22,23). The molecule has 1 amide bonds. The van der Waals surface area contributed by atoms with Gasteiger partial charge in [0, 0.05) is 23.6 Å². The summed E-state index contributed by atoms with van der Waals surface area (Å²) in [7, 11) is 0. The number of rotatable bonds is 3. The molecule has 4 rings (SSSR count). The zero-order chi connectivity index (χ0) is 16.4. The summed E-state index contributed by atoms with van der Waals surface area (Å²) < 4.78 is 1.10. The minimum atomic E-state index is -0.138. The Kier molecular flexibility index (Phi) is 3.76. The zero-order valence-corrected chi connectivity index (χ0v) is 13.5. The average molecular weight is 331 g/mol. The van der Waals surface area contributed by atoms with Gasteiger partial charge in [0.1, 0.15) is 0 Å². The predicted molar refractivity (Wildman–Crippen MR) is 97.2 cm³/mol. The van der Waals surface area contributed by atoms with Crippen LogP contribution in [0, 0.1) is 0 Å². The van der Waals surface area contributed by atoms with Gasteiger partial charge in [0.05, 0.1) is 15.7 Å². The molecule has 0 atom stereocenters. The fourth-order valence-electron chi connectivity index (χ4n) is 2.52. The van der Waals surface area contributed by atoms with E-state index in [9.17, 15) is 4.79 Å². The topological polar surface area (TPSA) is 54.9 Å². The van der Waals surface area contributed by atoms with Gasteiger partial charge in [-0.15, -0.1) is 11.3 Å². The third-order valence-electron chi connectivity index (χ3n) is 3.73. The van der Waals surface area contributed by atoms with Crippen LogP contribution in [0.3, 0.4) is 0 Å². The van der Waals surface area contributed by atoms with Crippen LogP contribution in [0.5, 0.6) is 0 Å². The van der Waals surface area contributed by atoms with Crippen molar-refractivity contribution in [1.29, 1.82) is 0 Å². The molecule has 0 saturated carbocycles. The summed E-state index contributed by atoms with van der Waals surface area (Å²) in [5, 5.41) is 2.93. The number of anilines is 1. The van der Waals surface area contributed by atoms with E-state index in [0.29, 0.717) is 5.56 Å². The monoisotopic (exact) mass is 331 g/mol. The number of amides is 1. The molecule has 2 heterocycles. The molecule has 24 heavy (non-hydrogen) atoms. The average Bonchev–Trinajstić information content (AvgIpc) is 3.10. The van der Waals surface area contributed by atoms with Crippen molar-refractivity contribution in [2.24, 2.45) is 0 Å². The lowest BCUT2D eigenvalue weighted by molar-refractivity contribution is 0.102. The highest BCUT2D eigenvalue weighted by Gasteiger charge is 2.08. The molecule has 0 fully saturated rings. The molecular formula is C19H13N3OS. The van der Waals surface area contributed by atoms with Gasteiger partial charge in [-0.05, 0) is 53.6 Å². The first-order valence-electron chi connectivity index (χ1n) is 7.45. The molecule has 0 aliphatic heterocycles. The Labute approximate surface area is 142 Å². The molecule has 0 aliphatic carbocycles. The van der Waals surface area contributed by atoms with Crippen molar-refractivity contribution in [2.45, 2.75) is 0 Å². The zero-order valence-electron chi connectivity index (χ0n) is 12.6. The van der Waals surface area contributed by atoms with Gasteiger partial charge < -0.3 is 5.32 Å². The number of pyridine rings is 1. The van der Waals surface area contributed by atoms with Crippen LogP contribution >= 0.6 is 11.3 Å². The molecule has 2 aromatic heterocycles. The Hall–Kier alpha value is -3.05.